The lowest BCUT2D eigenvalue weighted by molar-refractivity contribution is 0.272. The van der Waals surface area contributed by atoms with Gasteiger partial charge in [0.05, 0.1) is 10.2 Å². The first-order valence-electron chi connectivity index (χ1n) is 5.66. The van der Waals surface area contributed by atoms with Crippen LogP contribution in [0.2, 0.25) is 0 Å². The number of hydrogen-bond acceptors (Lipinski definition) is 2. The summed E-state index contributed by atoms with van der Waals surface area (Å²) in [5, 5.41) is 4.46. The third-order valence-electron chi connectivity index (χ3n) is 2.93. The Morgan fingerprint density at radius 1 is 1.27 bits per heavy atom. The standard InChI is InChI=1S/C11H18BrN3/c1-14-8-10(12)11(13-14)9-15-6-4-2-3-5-7-15/h8H,2-7,9H2,1H3. The van der Waals surface area contributed by atoms with Gasteiger partial charge in [-0.1, -0.05) is 12.8 Å². The third-order valence-corrected chi connectivity index (χ3v) is 3.59. The summed E-state index contributed by atoms with van der Waals surface area (Å²) in [7, 11) is 1.97. The van der Waals surface area contributed by atoms with Crippen LogP contribution in [0.3, 0.4) is 0 Å². The molecular formula is C11H18BrN3. The van der Waals surface area contributed by atoms with Crippen LogP contribution in [-0.2, 0) is 13.6 Å². The number of aryl methyl sites for hydroxylation is 1. The number of aromatic nitrogens is 2. The molecule has 0 atom stereocenters. The van der Waals surface area contributed by atoms with Gasteiger partial charge in [0.15, 0.2) is 0 Å². The highest BCUT2D eigenvalue weighted by Crippen LogP contribution is 2.18. The molecule has 15 heavy (non-hydrogen) atoms. The van der Waals surface area contributed by atoms with Gasteiger partial charge >= 0.3 is 0 Å². The number of likely N-dealkylation sites (tertiary alicyclic amines) is 1. The lowest BCUT2D eigenvalue weighted by Crippen LogP contribution is -2.24. The van der Waals surface area contributed by atoms with Crippen LogP contribution in [0.15, 0.2) is 10.7 Å². The Balaban J connectivity index is 1.97. The van der Waals surface area contributed by atoms with Gasteiger partial charge in [-0.05, 0) is 41.9 Å². The highest BCUT2D eigenvalue weighted by atomic mass is 79.9. The molecule has 84 valence electrons. The van der Waals surface area contributed by atoms with E-state index in [-0.39, 0.29) is 0 Å². The summed E-state index contributed by atoms with van der Waals surface area (Å²) < 4.78 is 3.01. The van der Waals surface area contributed by atoms with Crippen molar-refractivity contribution in [3.63, 3.8) is 0 Å². The van der Waals surface area contributed by atoms with Gasteiger partial charge in [0.2, 0.25) is 0 Å². The molecule has 0 unspecified atom stereocenters. The fourth-order valence-electron chi connectivity index (χ4n) is 2.12. The molecule has 1 fully saturated rings. The minimum atomic E-state index is 0.988. The zero-order chi connectivity index (χ0) is 10.7. The molecule has 1 aromatic heterocycles. The molecule has 1 saturated heterocycles. The van der Waals surface area contributed by atoms with Crippen molar-refractivity contribution < 1.29 is 0 Å². The van der Waals surface area contributed by atoms with E-state index >= 15 is 0 Å². The molecule has 3 nitrogen and oxygen atoms in total. The minimum absolute atomic E-state index is 0.988. The summed E-state index contributed by atoms with van der Waals surface area (Å²) in [5.74, 6) is 0. The molecule has 0 spiro atoms. The van der Waals surface area contributed by atoms with E-state index in [9.17, 15) is 0 Å². The fourth-order valence-corrected chi connectivity index (χ4v) is 2.62. The molecule has 1 aliphatic heterocycles. The van der Waals surface area contributed by atoms with Gasteiger partial charge in [-0.2, -0.15) is 5.10 Å². The molecule has 4 heteroatoms. The van der Waals surface area contributed by atoms with Crippen molar-refractivity contribution in [3.8, 4) is 0 Å². The summed E-state index contributed by atoms with van der Waals surface area (Å²) in [6.07, 6.45) is 7.47. The fraction of sp³-hybridized carbons (Fsp3) is 0.727. The Labute approximate surface area is 99.6 Å². The minimum Gasteiger partial charge on any atom is -0.297 e. The van der Waals surface area contributed by atoms with E-state index in [2.05, 4.69) is 25.9 Å². The second-order valence-electron chi connectivity index (χ2n) is 4.29. The molecule has 0 radical (unpaired) electrons. The van der Waals surface area contributed by atoms with E-state index in [4.69, 9.17) is 0 Å². The van der Waals surface area contributed by atoms with Crippen molar-refractivity contribution in [2.75, 3.05) is 13.1 Å². The Kier molecular flexibility index (Phi) is 3.81. The van der Waals surface area contributed by atoms with Crippen LogP contribution < -0.4 is 0 Å². The van der Waals surface area contributed by atoms with E-state index in [1.54, 1.807) is 0 Å². The average molecular weight is 272 g/mol. The second kappa shape index (κ2) is 5.12. The maximum atomic E-state index is 4.46. The summed E-state index contributed by atoms with van der Waals surface area (Å²) in [5.41, 5.74) is 1.17. The van der Waals surface area contributed by atoms with E-state index in [0.29, 0.717) is 0 Å². The first-order valence-corrected chi connectivity index (χ1v) is 6.45. The molecule has 1 aromatic rings. The van der Waals surface area contributed by atoms with Crippen molar-refractivity contribution in [2.45, 2.75) is 32.2 Å². The van der Waals surface area contributed by atoms with Crippen LogP contribution >= 0.6 is 15.9 Å². The van der Waals surface area contributed by atoms with Crippen molar-refractivity contribution in [1.82, 2.24) is 14.7 Å². The number of halogens is 1. The Hall–Kier alpha value is -0.350. The lowest BCUT2D eigenvalue weighted by Gasteiger charge is -2.18. The predicted molar refractivity (Wildman–Crippen MR) is 64.7 cm³/mol. The van der Waals surface area contributed by atoms with Crippen LogP contribution in [0.4, 0.5) is 0 Å². The third kappa shape index (κ3) is 3.05. The van der Waals surface area contributed by atoms with Crippen LogP contribution in [-0.4, -0.2) is 27.8 Å². The number of nitrogens with zero attached hydrogens (tertiary/aromatic N) is 3. The van der Waals surface area contributed by atoms with Gasteiger partial charge < -0.3 is 0 Å². The second-order valence-corrected chi connectivity index (χ2v) is 5.14. The summed E-state index contributed by atoms with van der Waals surface area (Å²) in [4.78, 5) is 2.51. The van der Waals surface area contributed by atoms with Gasteiger partial charge in [-0.25, -0.2) is 0 Å². The summed E-state index contributed by atoms with van der Waals surface area (Å²) >= 11 is 3.55. The molecule has 2 rings (SSSR count). The summed E-state index contributed by atoms with van der Waals surface area (Å²) in [6, 6.07) is 0. The topological polar surface area (TPSA) is 21.1 Å². The van der Waals surface area contributed by atoms with E-state index in [1.807, 2.05) is 17.9 Å². The molecule has 0 aliphatic carbocycles. The highest BCUT2D eigenvalue weighted by molar-refractivity contribution is 9.10. The quantitative estimate of drug-likeness (QED) is 0.825. The van der Waals surface area contributed by atoms with E-state index in [1.165, 1.54) is 44.5 Å². The Morgan fingerprint density at radius 3 is 2.47 bits per heavy atom. The van der Waals surface area contributed by atoms with Gasteiger partial charge in [0.25, 0.3) is 0 Å². The maximum absolute atomic E-state index is 4.46. The van der Waals surface area contributed by atoms with Crippen LogP contribution in [0.5, 0.6) is 0 Å². The van der Waals surface area contributed by atoms with Crippen molar-refractivity contribution >= 4 is 15.9 Å². The zero-order valence-corrected chi connectivity index (χ0v) is 10.8. The molecule has 2 heterocycles. The van der Waals surface area contributed by atoms with Crippen molar-refractivity contribution in [3.05, 3.63) is 16.4 Å². The normalized spacial score (nSPS) is 19.1. The monoisotopic (exact) mass is 271 g/mol. The average Bonchev–Trinajstić information content (AvgIpc) is 2.44. The lowest BCUT2D eigenvalue weighted by atomic mass is 10.2. The van der Waals surface area contributed by atoms with Gasteiger partial charge in [0.1, 0.15) is 0 Å². The van der Waals surface area contributed by atoms with Gasteiger partial charge in [-0.3, -0.25) is 9.58 Å². The number of rotatable bonds is 2. The predicted octanol–water partition coefficient (Wildman–Crippen LogP) is 2.56. The highest BCUT2D eigenvalue weighted by Gasteiger charge is 2.13. The Bertz CT molecular complexity index is 314. The van der Waals surface area contributed by atoms with E-state index < -0.39 is 0 Å². The molecule has 0 saturated carbocycles. The van der Waals surface area contributed by atoms with E-state index in [0.717, 1.165) is 11.0 Å². The Morgan fingerprint density at radius 2 is 1.93 bits per heavy atom. The molecule has 0 aromatic carbocycles. The smallest absolute Gasteiger partial charge is 0.0906 e. The van der Waals surface area contributed by atoms with Crippen LogP contribution in [0.1, 0.15) is 31.4 Å². The molecule has 0 bridgehead atoms. The molecule has 1 aliphatic rings. The first kappa shape index (κ1) is 11.1. The largest absolute Gasteiger partial charge is 0.297 e. The zero-order valence-electron chi connectivity index (χ0n) is 9.25. The molecule has 0 amide bonds. The van der Waals surface area contributed by atoms with Gasteiger partial charge in [0, 0.05) is 19.8 Å². The molecular weight excluding hydrogens is 254 g/mol. The maximum Gasteiger partial charge on any atom is 0.0906 e. The van der Waals surface area contributed by atoms with Crippen LogP contribution in [0, 0.1) is 0 Å². The molecule has 0 N–H and O–H groups in total. The van der Waals surface area contributed by atoms with Crippen LogP contribution in [0.25, 0.3) is 0 Å². The summed E-state index contributed by atoms with van der Waals surface area (Å²) in [6.45, 7) is 3.44. The van der Waals surface area contributed by atoms with Crippen molar-refractivity contribution in [1.29, 1.82) is 0 Å². The first-order chi connectivity index (χ1) is 7.25. The van der Waals surface area contributed by atoms with Crippen molar-refractivity contribution in [2.24, 2.45) is 7.05 Å². The number of hydrogen-bond donors (Lipinski definition) is 0. The van der Waals surface area contributed by atoms with Gasteiger partial charge in [-0.15, -0.1) is 0 Å². The SMILES string of the molecule is Cn1cc(Br)c(CN2CCCCCC2)n1.